The Morgan fingerprint density at radius 2 is 1.76 bits per heavy atom. The van der Waals surface area contributed by atoms with Crippen molar-refractivity contribution in [2.45, 2.75) is 88.9 Å². The predicted molar refractivity (Wildman–Crippen MR) is 180 cm³/mol. The number of rotatable bonds is 13. The van der Waals surface area contributed by atoms with Crippen LogP contribution < -0.4 is 10.0 Å². The van der Waals surface area contributed by atoms with Gasteiger partial charge in [-0.1, -0.05) is 39.3 Å². The number of aromatic nitrogens is 2. The second-order valence-corrected chi connectivity index (χ2v) is 14.9. The minimum absolute atomic E-state index is 0. The number of halogens is 1. The zero-order chi connectivity index (χ0) is 33.1. The quantitative estimate of drug-likeness (QED) is 0.252. The van der Waals surface area contributed by atoms with Gasteiger partial charge in [0.15, 0.2) is 0 Å². The molecule has 1 aromatic carbocycles. The third-order valence-electron chi connectivity index (χ3n) is 9.32. The molecule has 1 aromatic heterocycles. The number of likely N-dealkylation sites (N-methyl/N-ethyl adjacent to an activating group) is 1. The summed E-state index contributed by atoms with van der Waals surface area (Å²) in [6.07, 6.45) is 1.56. The number of aryl methyl sites for hydroxylation is 2. The van der Waals surface area contributed by atoms with Crippen LogP contribution >= 0.6 is 12.4 Å². The highest BCUT2D eigenvalue weighted by Gasteiger charge is 2.55. The van der Waals surface area contributed by atoms with Crippen LogP contribution in [-0.4, -0.2) is 115 Å². The highest BCUT2D eigenvalue weighted by atomic mass is 35.5. The first-order chi connectivity index (χ1) is 21.2. The lowest BCUT2D eigenvalue weighted by Crippen LogP contribution is -2.75. The maximum absolute atomic E-state index is 13.8. The monoisotopic (exact) mass is 681 g/mol. The summed E-state index contributed by atoms with van der Waals surface area (Å²) in [6.45, 7) is 12.1. The Balaban J connectivity index is 0.00000576. The fraction of sp³-hybridized carbons (Fsp3) is 0.656. The fourth-order valence-corrected chi connectivity index (χ4v) is 7.60. The van der Waals surface area contributed by atoms with E-state index in [4.69, 9.17) is 0 Å². The molecule has 0 bridgehead atoms. The number of piperazine rings is 1. The van der Waals surface area contributed by atoms with Crippen LogP contribution in [0, 0.1) is 19.8 Å². The summed E-state index contributed by atoms with van der Waals surface area (Å²) in [5.41, 5.74) is 2.70. The maximum atomic E-state index is 13.8. The number of likely N-dealkylation sites (tertiary alicyclic amines) is 1. The van der Waals surface area contributed by atoms with Gasteiger partial charge in [0.25, 0.3) is 0 Å². The number of piperidine rings is 1. The number of carbonyl (C=O) groups is 2. The zero-order valence-electron chi connectivity index (χ0n) is 28.2. The first-order valence-corrected chi connectivity index (χ1v) is 17.5. The van der Waals surface area contributed by atoms with E-state index in [9.17, 15) is 23.1 Å². The van der Waals surface area contributed by atoms with Crippen molar-refractivity contribution in [3.05, 3.63) is 46.8 Å². The number of hydrogen-bond acceptors (Lipinski definition) is 8. The van der Waals surface area contributed by atoms with E-state index in [-0.39, 0.29) is 41.1 Å². The molecule has 46 heavy (non-hydrogen) atoms. The minimum atomic E-state index is -3.66. The smallest absolute Gasteiger partial charge is 0.248 e. The summed E-state index contributed by atoms with van der Waals surface area (Å²) < 4.78 is 28.5. The molecule has 2 saturated heterocycles. The molecule has 14 heteroatoms. The molecule has 258 valence electrons. The van der Waals surface area contributed by atoms with Crippen molar-refractivity contribution in [2.75, 3.05) is 46.8 Å². The molecule has 0 saturated carbocycles. The molecule has 1 unspecified atom stereocenters. The Kier molecular flexibility index (Phi) is 12.8. The number of nitrogens with one attached hydrogen (secondary N) is 3. The Bertz CT molecular complexity index is 1420. The lowest BCUT2D eigenvalue weighted by Gasteiger charge is -2.53. The van der Waals surface area contributed by atoms with Crippen molar-refractivity contribution < 1.29 is 23.1 Å². The van der Waals surface area contributed by atoms with E-state index in [1.54, 1.807) is 17.0 Å². The molecule has 4 rings (SSSR count). The molecule has 2 aromatic rings. The summed E-state index contributed by atoms with van der Waals surface area (Å²) in [5, 5.41) is 21.2. The van der Waals surface area contributed by atoms with Crippen molar-refractivity contribution >= 4 is 34.2 Å². The highest BCUT2D eigenvalue weighted by Crippen LogP contribution is 2.40. The van der Waals surface area contributed by atoms with Gasteiger partial charge in [-0.3, -0.25) is 19.6 Å². The van der Waals surface area contributed by atoms with Gasteiger partial charge in [-0.2, -0.15) is 5.10 Å². The third kappa shape index (κ3) is 7.77. The van der Waals surface area contributed by atoms with Gasteiger partial charge in [0.05, 0.1) is 22.7 Å². The lowest BCUT2D eigenvalue weighted by atomic mass is 9.79. The second kappa shape index (κ2) is 15.6. The van der Waals surface area contributed by atoms with E-state index in [0.29, 0.717) is 45.6 Å². The number of aliphatic hydroxyl groups is 1. The SMILES string of the molecule is CCCCN1C(=O)[C@@H]([C@H](O)C(C)C)NC(=O)C12CCN(C(c1ccc(S(=O)(=O)NCCN(C)C)cc1)c1c(C)n[nH]c1C)CC2.Cl. The largest absolute Gasteiger partial charge is 0.390 e. The number of carbonyl (C=O) groups excluding carboxylic acids is 2. The number of benzene rings is 1. The summed E-state index contributed by atoms with van der Waals surface area (Å²) in [7, 11) is 0.117. The Morgan fingerprint density at radius 1 is 1.13 bits per heavy atom. The molecule has 12 nitrogen and oxygen atoms in total. The third-order valence-corrected chi connectivity index (χ3v) is 10.8. The lowest BCUT2D eigenvalue weighted by molar-refractivity contribution is -0.165. The molecule has 2 aliphatic rings. The summed E-state index contributed by atoms with van der Waals surface area (Å²) >= 11 is 0. The first-order valence-electron chi connectivity index (χ1n) is 16.0. The molecular formula is C32H52ClN7O5S. The van der Waals surface area contributed by atoms with Gasteiger partial charge in [0.2, 0.25) is 21.8 Å². The molecule has 4 N–H and O–H groups in total. The van der Waals surface area contributed by atoms with Crippen molar-refractivity contribution in [1.82, 2.24) is 34.9 Å². The summed E-state index contributed by atoms with van der Waals surface area (Å²) in [4.78, 5) is 33.8. The van der Waals surface area contributed by atoms with E-state index >= 15 is 0 Å². The highest BCUT2D eigenvalue weighted by molar-refractivity contribution is 7.89. The van der Waals surface area contributed by atoms with Crippen LogP contribution in [-0.2, 0) is 19.6 Å². The maximum Gasteiger partial charge on any atom is 0.248 e. The number of aliphatic hydroxyl groups excluding tert-OH is 1. The van der Waals surface area contributed by atoms with Gasteiger partial charge in [-0.25, -0.2) is 13.1 Å². The van der Waals surface area contributed by atoms with E-state index in [1.165, 1.54) is 0 Å². The van der Waals surface area contributed by atoms with Crippen LogP contribution in [0.4, 0.5) is 0 Å². The fourth-order valence-electron chi connectivity index (χ4n) is 6.58. The van der Waals surface area contributed by atoms with Crippen molar-refractivity contribution in [3.8, 4) is 0 Å². The van der Waals surface area contributed by atoms with Crippen LogP contribution in [0.5, 0.6) is 0 Å². The predicted octanol–water partition coefficient (Wildman–Crippen LogP) is 2.36. The molecule has 3 heterocycles. The van der Waals surface area contributed by atoms with Gasteiger partial charge < -0.3 is 20.2 Å². The summed E-state index contributed by atoms with van der Waals surface area (Å²) in [5.74, 6) is -0.599. The molecule has 3 atom stereocenters. The molecule has 0 aliphatic carbocycles. The number of sulfonamides is 1. The second-order valence-electron chi connectivity index (χ2n) is 13.1. The molecule has 0 radical (unpaired) electrons. The standard InChI is InChI=1S/C32H51N7O5S.ClH/c1-8-9-17-39-30(41)27(29(40)21(2)3)34-31(42)32(39)14-18-38(19-15-32)28(26-22(4)35-36-23(26)5)24-10-12-25(13-11-24)45(43,44)33-16-20-37(6)7;/h10-13,21,27-29,33,40H,8-9,14-20H2,1-7H3,(H,34,42)(H,35,36);1H/t27-,28?,29-;/m1./s1. The molecule has 2 aliphatic heterocycles. The summed E-state index contributed by atoms with van der Waals surface area (Å²) in [6, 6.07) is 5.79. The van der Waals surface area contributed by atoms with Crippen molar-refractivity contribution in [3.63, 3.8) is 0 Å². The van der Waals surface area contributed by atoms with Gasteiger partial charge in [-0.15, -0.1) is 12.4 Å². The molecule has 1 spiro atoms. The normalized spacial score (nSPS) is 20.2. The van der Waals surface area contributed by atoms with Crippen LogP contribution in [0.3, 0.4) is 0 Å². The van der Waals surface area contributed by atoms with E-state index < -0.39 is 27.7 Å². The van der Waals surface area contributed by atoms with Gasteiger partial charge in [-0.05, 0) is 70.8 Å². The number of H-pyrrole nitrogens is 1. The average molecular weight is 682 g/mol. The number of unbranched alkanes of at least 4 members (excludes halogenated alkanes) is 1. The molecule has 2 fully saturated rings. The number of aromatic amines is 1. The van der Waals surface area contributed by atoms with Gasteiger partial charge in [0.1, 0.15) is 11.6 Å². The van der Waals surface area contributed by atoms with E-state index in [2.05, 4.69) is 32.1 Å². The minimum Gasteiger partial charge on any atom is -0.390 e. The van der Waals surface area contributed by atoms with Crippen molar-refractivity contribution in [1.29, 1.82) is 0 Å². The Morgan fingerprint density at radius 3 is 2.28 bits per heavy atom. The molecule has 2 amide bonds. The average Bonchev–Trinajstić information content (AvgIpc) is 3.32. The van der Waals surface area contributed by atoms with Crippen molar-refractivity contribution in [2.24, 2.45) is 5.92 Å². The van der Waals surface area contributed by atoms with Crippen LogP contribution in [0.25, 0.3) is 0 Å². The van der Waals surface area contributed by atoms with Crippen LogP contribution in [0.15, 0.2) is 29.2 Å². The van der Waals surface area contributed by atoms with Crippen LogP contribution in [0.1, 0.15) is 75.0 Å². The first kappa shape index (κ1) is 37.9. The van der Waals surface area contributed by atoms with E-state index in [0.717, 1.165) is 35.4 Å². The number of nitrogens with zero attached hydrogens (tertiary/aromatic N) is 4. The Hall–Kier alpha value is -2.55. The van der Waals surface area contributed by atoms with Crippen LogP contribution in [0.2, 0.25) is 0 Å². The Labute approximate surface area is 280 Å². The number of hydrogen-bond donors (Lipinski definition) is 4. The van der Waals surface area contributed by atoms with E-state index in [1.807, 2.05) is 58.8 Å². The van der Waals surface area contributed by atoms with Gasteiger partial charge >= 0.3 is 0 Å². The molecular weight excluding hydrogens is 630 g/mol. The number of amides is 2. The van der Waals surface area contributed by atoms with Gasteiger partial charge in [0, 0.05) is 44.0 Å². The topological polar surface area (TPSA) is 151 Å². The zero-order valence-corrected chi connectivity index (χ0v) is 29.8.